The van der Waals surface area contributed by atoms with E-state index in [1.54, 1.807) is 19.2 Å². The average molecular weight is 347 g/mol. The van der Waals surface area contributed by atoms with Gasteiger partial charge in [-0.3, -0.25) is 4.79 Å². The van der Waals surface area contributed by atoms with Crippen LogP contribution in [0.2, 0.25) is 0 Å². The van der Waals surface area contributed by atoms with Gasteiger partial charge in [-0.1, -0.05) is 12.1 Å². The van der Waals surface area contributed by atoms with Crippen LogP contribution >= 0.6 is 11.6 Å². The van der Waals surface area contributed by atoms with Gasteiger partial charge in [0.15, 0.2) is 0 Å². The fourth-order valence-electron chi connectivity index (χ4n) is 2.73. The Morgan fingerprint density at radius 1 is 1.33 bits per heavy atom. The predicted molar refractivity (Wildman–Crippen MR) is 90.9 cm³/mol. The van der Waals surface area contributed by atoms with Crippen molar-refractivity contribution in [2.75, 3.05) is 13.0 Å². The van der Waals surface area contributed by atoms with Gasteiger partial charge in [-0.2, -0.15) is 5.10 Å². The van der Waals surface area contributed by atoms with Gasteiger partial charge >= 0.3 is 0 Å². The Kier molecular flexibility index (Phi) is 4.81. The Morgan fingerprint density at radius 3 is 2.71 bits per heavy atom. The fraction of sp³-hybridized carbons (Fsp3) is 0.222. The SMILES string of the molecule is COc1ccc(C2=NN(C(=O)CCl)[C@H](c3cccc(F)c3)C2)cc1. The predicted octanol–water partition coefficient (Wildman–Crippen LogP) is 3.75. The molecule has 0 bridgehead atoms. The molecule has 0 aliphatic carbocycles. The minimum Gasteiger partial charge on any atom is -0.497 e. The molecule has 1 heterocycles. The van der Waals surface area contributed by atoms with Crippen LogP contribution in [0.15, 0.2) is 53.6 Å². The van der Waals surface area contributed by atoms with E-state index in [1.165, 1.54) is 17.1 Å². The number of alkyl halides is 1. The minimum absolute atomic E-state index is 0.175. The molecule has 3 rings (SSSR count). The zero-order valence-corrected chi connectivity index (χ0v) is 13.8. The van der Waals surface area contributed by atoms with Gasteiger partial charge in [-0.25, -0.2) is 9.40 Å². The number of carbonyl (C=O) groups is 1. The van der Waals surface area contributed by atoms with Crippen molar-refractivity contribution in [2.24, 2.45) is 5.10 Å². The standard InChI is InChI=1S/C18H16ClFN2O2/c1-24-15-7-5-12(6-8-15)16-10-17(22(21-16)18(23)11-19)13-3-2-4-14(20)9-13/h2-9,17H,10-11H2,1H3/t17-/m0/s1. The molecule has 2 aromatic carbocycles. The van der Waals surface area contributed by atoms with Crippen molar-refractivity contribution in [3.63, 3.8) is 0 Å². The quantitative estimate of drug-likeness (QED) is 0.791. The number of halogens is 2. The molecule has 4 nitrogen and oxygen atoms in total. The van der Waals surface area contributed by atoms with Gasteiger partial charge in [-0.05, 0) is 47.5 Å². The Hall–Kier alpha value is -2.40. The van der Waals surface area contributed by atoms with Crippen LogP contribution < -0.4 is 4.74 Å². The maximum atomic E-state index is 13.6. The summed E-state index contributed by atoms with van der Waals surface area (Å²) < 4.78 is 18.7. The fourth-order valence-corrected chi connectivity index (χ4v) is 2.86. The Labute approximate surface area is 144 Å². The topological polar surface area (TPSA) is 41.9 Å². The number of ether oxygens (including phenoxy) is 1. The molecule has 1 amide bonds. The van der Waals surface area contributed by atoms with E-state index in [2.05, 4.69) is 5.10 Å². The highest BCUT2D eigenvalue weighted by molar-refractivity contribution is 6.27. The molecule has 24 heavy (non-hydrogen) atoms. The van der Waals surface area contributed by atoms with E-state index in [4.69, 9.17) is 16.3 Å². The molecule has 0 saturated heterocycles. The van der Waals surface area contributed by atoms with E-state index in [-0.39, 0.29) is 23.6 Å². The van der Waals surface area contributed by atoms with Crippen molar-refractivity contribution in [2.45, 2.75) is 12.5 Å². The number of nitrogens with zero attached hydrogens (tertiary/aromatic N) is 2. The molecular weight excluding hydrogens is 331 g/mol. The maximum absolute atomic E-state index is 13.6. The van der Waals surface area contributed by atoms with Crippen LogP contribution in [-0.4, -0.2) is 29.6 Å². The molecule has 0 unspecified atom stereocenters. The van der Waals surface area contributed by atoms with Gasteiger partial charge < -0.3 is 4.74 Å². The van der Waals surface area contributed by atoms with Gasteiger partial charge in [-0.15, -0.1) is 11.6 Å². The van der Waals surface area contributed by atoms with Crippen LogP contribution in [0.25, 0.3) is 0 Å². The Morgan fingerprint density at radius 2 is 2.08 bits per heavy atom. The molecule has 0 radical (unpaired) electrons. The second-order valence-electron chi connectivity index (χ2n) is 5.42. The summed E-state index contributed by atoms with van der Waals surface area (Å²) in [7, 11) is 1.60. The molecule has 1 aliphatic heterocycles. The third kappa shape index (κ3) is 3.26. The number of rotatable bonds is 4. The lowest BCUT2D eigenvalue weighted by atomic mass is 9.98. The molecule has 1 atom stereocenters. The molecule has 0 N–H and O–H groups in total. The first-order valence-corrected chi connectivity index (χ1v) is 8.01. The van der Waals surface area contributed by atoms with Crippen molar-refractivity contribution >= 4 is 23.2 Å². The molecule has 0 fully saturated rings. The van der Waals surface area contributed by atoms with E-state index in [1.807, 2.05) is 24.3 Å². The molecule has 0 spiro atoms. The smallest absolute Gasteiger partial charge is 0.258 e. The first-order chi connectivity index (χ1) is 11.6. The minimum atomic E-state index is -0.357. The monoisotopic (exact) mass is 346 g/mol. The van der Waals surface area contributed by atoms with Gasteiger partial charge in [0.2, 0.25) is 0 Å². The summed E-state index contributed by atoms with van der Waals surface area (Å²) in [5.41, 5.74) is 2.34. The summed E-state index contributed by atoms with van der Waals surface area (Å²) in [6.07, 6.45) is 0.498. The van der Waals surface area contributed by atoms with Crippen LogP contribution in [0.3, 0.4) is 0 Å². The first kappa shape index (κ1) is 16.5. The Balaban J connectivity index is 1.93. The summed E-state index contributed by atoms with van der Waals surface area (Å²) in [4.78, 5) is 12.1. The van der Waals surface area contributed by atoms with Crippen molar-refractivity contribution < 1.29 is 13.9 Å². The highest BCUT2D eigenvalue weighted by atomic mass is 35.5. The highest BCUT2D eigenvalue weighted by Gasteiger charge is 2.32. The summed E-state index contributed by atoms with van der Waals surface area (Å²) in [6, 6.07) is 13.3. The van der Waals surface area contributed by atoms with E-state index in [0.717, 1.165) is 17.0 Å². The highest BCUT2D eigenvalue weighted by Crippen LogP contribution is 2.33. The first-order valence-electron chi connectivity index (χ1n) is 7.47. The van der Waals surface area contributed by atoms with Crippen LogP contribution in [-0.2, 0) is 4.79 Å². The second-order valence-corrected chi connectivity index (χ2v) is 5.69. The second kappa shape index (κ2) is 7.01. The van der Waals surface area contributed by atoms with Gasteiger partial charge in [0.1, 0.15) is 17.4 Å². The average Bonchev–Trinajstić information content (AvgIpc) is 3.06. The Bertz CT molecular complexity index is 777. The van der Waals surface area contributed by atoms with E-state index in [9.17, 15) is 9.18 Å². The van der Waals surface area contributed by atoms with Gasteiger partial charge in [0.25, 0.3) is 5.91 Å². The van der Waals surface area contributed by atoms with Crippen molar-refractivity contribution in [1.82, 2.24) is 5.01 Å². The number of methoxy groups -OCH3 is 1. The third-order valence-electron chi connectivity index (χ3n) is 3.94. The van der Waals surface area contributed by atoms with Crippen LogP contribution in [0, 0.1) is 5.82 Å². The molecule has 6 heteroatoms. The molecule has 0 aromatic heterocycles. The number of hydrazone groups is 1. The molecule has 0 saturated carbocycles. The molecule has 2 aromatic rings. The summed E-state index contributed by atoms with van der Waals surface area (Å²) in [5.74, 6) is -0.0867. The largest absolute Gasteiger partial charge is 0.497 e. The van der Waals surface area contributed by atoms with Crippen LogP contribution in [0.1, 0.15) is 23.6 Å². The van der Waals surface area contributed by atoms with Crippen molar-refractivity contribution in [1.29, 1.82) is 0 Å². The van der Waals surface area contributed by atoms with Gasteiger partial charge in [0.05, 0.1) is 18.9 Å². The number of benzene rings is 2. The normalized spacial score (nSPS) is 16.9. The number of carbonyl (C=O) groups excluding carboxylic acids is 1. The van der Waals surface area contributed by atoms with Gasteiger partial charge in [0, 0.05) is 6.42 Å². The summed E-state index contributed by atoms with van der Waals surface area (Å²) in [6.45, 7) is 0. The zero-order valence-electron chi connectivity index (χ0n) is 13.1. The number of amides is 1. The van der Waals surface area contributed by atoms with E-state index < -0.39 is 0 Å². The van der Waals surface area contributed by atoms with Crippen molar-refractivity contribution in [3.05, 3.63) is 65.5 Å². The van der Waals surface area contributed by atoms with Crippen molar-refractivity contribution in [3.8, 4) is 5.75 Å². The maximum Gasteiger partial charge on any atom is 0.258 e. The lowest BCUT2D eigenvalue weighted by Crippen LogP contribution is -2.28. The molecule has 124 valence electrons. The van der Waals surface area contributed by atoms with Crippen LogP contribution in [0.4, 0.5) is 4.39 Å². The molecular formula is C18H16ClFN2O2. The van der Waals surface area contributed by atoms with E-state index in [0.29, 0.717) is 12.0 Å². The van der Waals surface area contributed by atoms with Crippen LogP contribution in [0.5, 0.6) is 5.75 Å². The number of hydrogen-bond acceptors (Lipinski definition) is 3. The summed E-state index contributed by atoms with van der Waals surface area (Å²) >= 11 is 5.70. The third-order valence-corrected chi connectivity index (χ3v) is 4.17. The lowest BCUT2D eigenvalue weighted by Gasteiger charge is -2.21. The lowest BCUT2D eigenvalue weighted by molar-refractivity contribution is -0.130. The zero-order chi connectivity index (χ0) is 17.1. The summed E-state index contributed by atoms with van der Waals surface area (Å²) in [5, 5.41) is 5.77. The van der Waals surface area contributed by atoms with E-state index >= 15 is 0 Å². The molecule has 1 aliphatic rings. The number of hydrogen-bond donors (Lipinski definition) is 0.